The Morgan fingerprint density at radius 3 is 0.747 bits per heavy atom. The number of esters is 4. The monoisotopic (exact) mass is 1400 g/mol. The zero-order chi connectivity index (χ0) is 70.3. The van der Waals surface area contributed by atoms with Crippen LogP contribution in [0.15, 0.2) is 0 Å². The largest absolute Gasteiger partial charge is 0.472 e. The topological polar surface area (TPSA) is 237 Å². The van der Waals surface area contributed by atoms with E-state index < -0.39 is 97.5 Å². The molecular formula is C76H148O17P2. The Kier molecular flexibility index (Phi) is 64.0. The minimum absolute atomic E-state index is 0.103. The molecule has 564 valence electrons. The summed E-state index contributed by atoms with van der Waals surface area (Å²) in [6.45, 7) is 14.2. The number of phosphoric acid groups is 2. The summed E-state index contributed by atoms with van der Waals surface area (Å²) in [6.07, 6.45) is 50.2. The zero-order valence-corrected chi connectivity index (χ0v) is 64.1. The van der Waals surface area contributed by atoms with E-state index in [1.54, 1.807) is 0 Å². The molecule has 0 heterocycles. The van der Waals surface area contributed by atoms with Gasteiger partial charge in [0, 0.05) is 25.7 Å². The van der Waals surface area contributed by atoms with Crippen molar-refractivity contribution in [3.05, 3.63) is 0 Å². The molecule has 0 aromatic heterocycles. The third-order valence-corrected chi connectivity index (χ3v) is 20.2. The lowest BCUT2D eigenvalue weighted by Crippen LogP contribution is -2.30. The van der Waals surface area contributed by atoms with Gasteiger partial charge in [-0.3, -0.25) is 37.3 Å². The highest BCUT2D eigenvalue weighted by Gasteiger charge is 2.30. The molecular weight excluding hydrogens is 1250 g/mol. The van der Waals surface area contributed by atoms with Gasteiger partial charge in [-0.1, -0.05) is 331 Å². The predicted molar refractivity (Wildman–Crippen MR) is 386 cm³/mol. The molecule has 0 rings (SSSR count). The molecule has 0 aliphatic rings. The Bertz CT molecular complexity index is 1870. The van der Waals surface area contributed by atoms with Crippen LogP contribution >= 0.6 is 15.6 Å². The fourth-order valence-corrected chi connectivity index (χ4v) is 13.1. The second-order valence-electron chi connectivity index (χ2n) is 28.8. The molecule has 7 atom stereocenters. The number of aliphatic hydroxyl groups excluding tert-OH is 1. The van der Waals surface area contributed by atoms with E-state index in [0.29, 0.717) is 31.6 Å². The molecule has 0 aromatic rings. The molecule has 0 saturated heterocycles. The van der Waals surface area contributed by atoms with Crippen LogP contribution in [-0.4, -0.2) is 96.7 Å². The lowest BCUT2D eigenvalue weighted by molar-refractivity contribution is -0.161. The van der Waals surface area contributed by atoms with Crippen molar-refractivity contribution in [1.82, 2.24) is 0 Å². The average Bonchev–Trinajstić information content (AvgIpc) is 2.35. The van der Waals surface area contributed by atoms with Gasteiger partial charge in [-0.15, -0.1) is 0 Å². The third kappa shape index (κ3) is 67.6. The van der Waals surface area contributed by atoms with Crippen LogP contribution in [0.3, 0.4) is 0 Å². The molecule has 0 spiro atoms. The highest BCUT2D eigenvalue weighted by Crippen LogP contribution is 2.45. The van der Waals surface area contributed by atoms with Gasteiger partial charge in [0.15, 0.2) is 12.2 Å². The van der Waals surface area contributed by atoms with Gasteiger partial charge >= 0.3 is 39.5 Å². The molecule has 0 radical (unpaired) electrons. The second-order valence-corrected chi connectivity index (χ2v) is 31.7. The van der Waals surface area contributed by atoms with E-state index >= 15 is 0 Å². The Labute approximate surface area is 581 Å². The molecule has 0 amide bonds. The number of ether oxygens (including phenoxy) is 4. The first kappa shape index (κ1) is 93.1. The third-order valence-electron chi connectivity index (χ3n) is 18.3. The Morgan fingerprint density at radius 2 is 0.505 bits per heavy atom. The van der Waals surface area contributed by atoms with Gasteiger partial charge in [0.2, 0.25) is 0 Å². The van der Waals surface area contributed by atoms with E-state index in [1.807, 2.05) is 0 Å². The van der Waals surface area contributed by atoms with Crippen LogP contribution in [0.4, 0.5) is 0 Å². The van der Waals surface area contributed by atoms with Gasteiger partial charge in [-0.05, 0) is 49.4 Å². The highest BCUT2D eigenvalue weighted by atomic mass is 31.2. The average molecular weight is 1400 g/mol. The summed E-state index contributed by atoms with van der Waals surface area (Å²) in [5.74, 6) is 0.930. The molecule has 95 heavy (non-hydrogen) atoms. The number of rotatable bonds is 73. The number of hydrogen-bond donors (Lipinski definition) is 3. The lowest BCUT2D eigenvalue weighted by atomic mass is 9.99. The number of carbonyl (C=O) groups is 4. The van der Waals surface area contributed by atoms with E-state index in [9.17, 15) is 43.2 Å². The Hall–Kier alpha value is -1.94. The van der Waals surface area contributed by atoms with Crippen molar-refractivity contribution in [1.29, 1.82) is 0 Å². The predicted octanol–water partition coefficient (Wildman–Crippen LogP) is 22.0. The quantitative estimate of drug-likeness (QED) is 0.0222. The molecule has 4 unspecified atom stereocenters. The van der Waals surface area contributed by atoms with Gasteiger partial charge in [0.1, 0.15) is 19.3 Å². The first-order valence-electron chi connectivity index (χ1n) is 39.3. The normalized spacial score (nSPS) is 14.7. The number of hydrogen-bond acceptors (Lipinski definition) is 15. The van der Waals surface area contributed by atoms with Crippen LogP contribution in [0.5, 0.6) is 0 Å². The minimum atomic E-state index is -4.96. The molecule has 3 N–H and O–H groups in total. The molecule has 17 nitrogen and oxygen atoms in total. The van der Waals surface area contributed by atoms with Gasteiger partial charge in [-0.2, -0.15) is 0 Å². The highest BCUT2D eigenvalue weighted by molar-refractivity contribution is 7.47. The maximum atomic E-state index is 13.1. The summed E-state index contributed by atoms with van der Waals surface area (Å²) in [7, 11) is -9.91. The molecule has 0 aliphatic heterocycles. The zero-order valence-electron chi connectivity index (χ0n) is 62.3. The number of phosphoric ester groups is 2. The fraction of sp³-hybridized carbons (Fsp3) is 0.947. The first-order chi connectivity index (χ1) is 45.7. The van der Waals surface area contributed by atoms with Gasteiger partial charge in [-0.25, -0.2) is 9.13 Å². The van der Waals surface area contributed by atoms with E-state index in [0.717, 1.165) is 114 Å². The minimum Gasteiger partial charge on any atom is -0.462 e. The molecule has 0 aromatic carbocycles. The van der Waals surface area contributed by atoms with Crippen molar-refractivity contribution >= 4 is 39.5 Å². The summed E-state index contributed by atoms with van der Waals surface area (Å²) < 4.78 is 68.4. The van der Waals surface area contributed by atoms with Crippen molar-refractivity contribution in [2.45, 2.75) is 401 Å². The van der Waals surface area contributed by atoms with E-state index in [2.05, 4.69) is 55.4 Å². The molecule has 0 fully saturated rings. The number of unbranched alkanes of at least 4 members (excludes halogenated alkanes) is 37. The van der Waals surface area contributed by atoms with E-state index in [1.165, 1.54) is 180 Å². The van der Waals surface area contributed by atoms with Crippen molar-refractivity contribution in [3.8, 4) is 0 Å². The van der Waals surface area contributed by atoms with Crippen LogP contribution in [0.2, 0.25) is 0 Å². The van der Waals surface area contributed by atoms with Crippen LogP contribution in [0.25, 0.3) is 0 Å². The fourth-order valence-electron chi connectivity index (χ4n) is 11.5. The lowest BCUT2D eigenvalue weighted by Gasteiger charge is -2.21. The van der Waals surface area contributed by atoms with Gasteiger partial charge < -0.3 is 33.8 Å². The standard InChI is InChI=1S/C76H148O17P2/c1-9-68(7)54-46-38-30-24-19-17-15-13-11-12-14-16-18-20-26-32-42-50-58-75(80)92-72(63-87-74(79)57-49-41-35-34-39-47-55-69(8)10-2)65-91-95(84,85)89-61-70(77)60-88-94(82,83)90-64-71(93-76(81)59-51-43-33-27-29-37-45-53-67(5)6)62-86-73(78)56-48-40-31-25-22-21-23-28-36-44-52-66(3)4/h66-72,77H,9-65H2,1-8H3,(H,82,83)(H,84,85)/t68?,69?,70-,71-,72-/m1/s1. The molecule has 19 heteroatoms. The Morgan fingerprint density at radius 1 is 0.295 bits per heavy atom. The summed E-state index contributed by atoms with van der Waals surface area (Å²) >= 11 is 0. The maximum Gasteiger partial charge on any atom is 0.472 e. The summed E-state index contributed by atoms with van der Waals surface area (Å²) in [5, 5.41) is 10.6. The summed E-state index contributed by atoms with van der Waals surface area (Å²) in [6, 6.07) is 0. The maximum absolute atomic E-state index is 13.1. The summed E-state index contributed by atoms with van der Waals surface area (Å²) in [5.41, 5.74) is 0. The summed E-state index contributed by atoms with van der Waals surface area (Å²) in [4.78, 5) is 72.7. The SMILES string of the molecule is CCC(C)CCCCCCCCCCCCCCCCCCCCC(=O)O[C@H](COC(=O)CCCCCCCCC(C)CC)COP(=O)(O)OC[C@H](O)COP(=O)(O)OC[C@@H](COC(=O)CCCCCCCCCCCCC(C)C)OC(=O)CCCCCCCCCC(C)C. The van der Waals surface area contributed by atoms with Crippen molar-refractivity contribution in [3.63, 3.8) is 0 Å². The molecule has 0 saturated carbocycles. The van der Waals surface area contributed by atoms with Crippen molar-refractivity contribution in [2.75, 3.05) is 39.6 Å². The number of aliphatic hydroxyl groups is 1. The van der Waals surface area contributed by atoms with E-state index in [4.69, 9.17) is 37.0 Å². The van der Waals surface area contributed by atoms with Crippen molar-refractivity contribution in [2.24, 2.45) is 23.7 Å². The van der Waals surface area contributed by atoms with Gasteiger partial charge in [0.05, 0.1) is 26.4 Å². The smallest absolute Gasteiger partial charge is 0.462 e. The van der Waals surface area contributed by atoms with Crippen LogP contribution in [0.1, 0.15) is 383 Å². The second kappa shape index (κ2) is 65.4. The molecule has 0 bridgehead atoms. The first-order valence-corrected chi connectivity index (χ1v) is 42.3. The van der Waals surface area contributed by atoms with Crippen LogP contribution < -0.4 is 0 Å². The van der Waals surface area contributed by atoms with E-state index in [-0.39, 0.29) is 25.7 Å². The van der Waals surface area contributed by atoms with Crippen LogP contribution in [-0.2, 0) is 65.4 Å². The Balaban J connectivity index is 5.16. The number of carbonyl (C=O) groups excluding carboxylic acids is 4. The van der Waals surface area contributed by atoms with Crippen LogP contribution in [0, 0.1) is 23.7 Å². The van der Waals surface area contributed by atoms with Gasteiger partial charge in [0.25, 0.3) is 0 Å². The molecule has 0 aliphatic carbocycles. The van der Waals surface area contributed by atoms with Crippen molar-refractivity contribution < 1.29 is 80.2 Å².